The summed E-state index contributed by atoms with van der Waals surface area (Å²) in [6.45, 7) is 3.67. The van der Waals surface area contributed by atoms with Crippen LogP contribution in [0.1, 0.15) is 18.1 Å². The molecule has 28 heavy (non-hydrogen) atoms. The number of anilines is 1. The van der Waals surface area contributed by atoms with Gasteiger partial charge in [0.05, 0.1) is 27.0 Å². The summed E-state index contributed by atoms with van der Waals surface area (Å²) >= 11 is 0. The Kier molecular flexibility index (Phi) is 7.26. The molecular weight excluding hydrogens is 360 g/mol. The fourth-order valence-electron chi connectivity index (χ4n) is 2.71. The van der Waals surface area contributed by atoms with Gasteiger partial charge >= 0.3 is 0 Å². The van der Waals surface area contributed by atoms with E-state index in [0.717, 1.165) is 11.1 Å². The van der Waals surface area contributed by atoms with Crippen LogP contribution in [0.4, 0.5) is 5.69 Å². The van der Waals surface area contributed by atoms with Crippen LogP contribution in [0.3, 0.4) is 0 Å². The van der Waals surface area contributed by atoms with Crippen molar-refractivity contribution in [3.05, 3.63) is 47.5 Å². The fraction of sp³-hybridized carbons (Fsp3) is 0.333. The van der Waals surface area contributed by atoms with E-state index in [9.17, 15) is 9.59 Å². The summed E-state index contributed by atoms with van der Waals surface area (Å²) in [6.07, 6.45) is 0. The number of amides is 2. The van der Waals surface area contributed by atoms with Crippen molar-refractivity contribution < 1.29 is 23.8 Å². The average Bonchev–Trinajstić information content (AvgIpc) is 2.70. The van der Waals surface area contributed by atoms with Gasteiger partial charge in [-0.1, -0.05) is 29.8 Å². The normalized spacial score (nSPS) is 10.2. The highest BCUT2D eigenvalue weighted by molar-refractivity contribution is 5.98. The quantitative estimate of drug-likeness (QED) is 0.755. The summed E-state index contributed by atoms with van der Waals surface area (Å²) in [5.74, 6) is 0.677. The van der Waals surface area contributed by atoms with Crippen molar-refractivity contribution in [1.82, 2.24) is 5.32 Å². The molecule has 2 aromatic rings. The van der Waals surface area contributed by atoms with Crippen molar-refractivity contribution in [2.24, 2.45) is 0 Å². The highest BCUT2D eigenvalue weighted by atomic mass is 16.5. The average molecular weight is 386 g/mol. The van der Waals surface area contributed by atoms with Crippen LogP contribution in [-0.4, -0.2) is 39.7 Å². The Morgan fingerprint density at radius 2 is 1.54 bits per heavy atom. The first-order chi connectivity index (χ1) is 13.4. The van der Waals surface area contributed by atoms with Crippen LogP contribution in [0.15, 0.2) is 36.4 Å². The number of rotatable bonds is 8. The molecule has 0 saturated heterocycles. The second kappa shape index (κ2) is 9.64. The van der Waals surface area contributed by atoms with E-state index in [0.29, 0.717) is 29.5 Å². The first kappa shape index (κ1) is 21.1. The third-order valence-corrected chi connectivity index (χ3v) is 4.25. The number of aryl methyl sites for hydroxylation is 1. The van der Waals surface area contributed by atoms with Gasteiger partial charge in [-0.2, -0.15) is 0 Å². The van der Waals surface area contributed by atoms with E-state index in [1.54, 1.807) is 12.1 Å². The number of benzene rings is 2. The molecular formula is C21H26N2O5. The van der Waals surface area contributed by atoms with Gasteiger partial charge in [-0.25, -0.2) is 0 Å². The molecule has 2 rings (SSSR count). The molecule has 0 atom stereocenters. The minimum atomic E-state index is -0.278. The molecule has 0 fully saturated rings. The molecule has 1 N–H and O–H groups in total. The summed E-state index contributed by atoms with van der Waals surface area (Å²) in [6, 6.07) is 11.2. The lowest BCUT2D eigenvalue weighted by atomic mass is 10.1. The summed E-state index contributed by atoms with van der Waals surface area (Å²) in [7, 11) is 4.49. The summed E-state index contributed by atoms with van der Waals surface area (Å²) in [5.41, 5.74) is 2.62. The number of carbonyl (C=O) groups excluding carboxylic acids is 2. The minimum Gasteiger partial charge on any atom is -0.493 e. The molecule has 0 spiro atoms. The number of carbonyl (C=O) groups is 2. The minimum absolute atomic E-state index is 0.125. The molecule has 150 valence electrons. The van der Waals surface area contributed by atoms with Crippen LogP contribution < -0.4 is 24.4 Å². The van der Waals surface area contributed by atoms with E-state index in [-0.39, 0.29) is 18.4 Å². The van der Waals surface area contributed by atoms with Crippen molar-refractivity contribution in [3.8, 4) is 17.2 Å². The van der Waals surface area contributed by atoms with E-state index in [4.69, 9.17) is 14.2 Å². The maximum Gasteiger partial charge on any atom is 0.240 e. The zero-order valence-electron chi connectivity index (χ0n) is 16.9. The monoisotopic (exact) mass is 386 g/mol. The van der Waals surface area contributed by atoms with Gasteiger partial charge in [-0.3, -0.25) is 9.59 Å². The molecule has 0 heterocycles. The maximum atomic E-state index is 12.4. The van der Waals surface area contributed by atoms with Gasteiger partial charge in [0, 0.05) is 25.6 Å². The van der Waals surface area contributed by atoms with Gasteiger partial charge in [-0.15, -0.1) is 0 Å². The Labute approximate surface area is 165 Å². The summed E-state index contributed by atoms with van der Waals surface area (Å²) in [5, 5.41) is 2.83. The SMILES string of the molecule is COc1cc(N(CC(=O)NCc2ccc(C)cc2)C(C)=O)cc(OC)c1OC. The third-order valence-electron chi connectivity index (χ3n) is 4.25. The number of nitrogens with one attached hydrogen (secondary N) is 1. The fourth-order valence-corrected chi connectivity index (χ4v) is 2.71. The van der Waals surface area contributed by atoms with E-state index in [2.05, 4.69) is 5.32 Å². The number of methoxy groups -OCH3 is 3. The topological polar surface area (TPSA) is 77.1 Å². The lowest BCUT2D eigenvalue weighted by Gasteiger charge is -2.23. The smallest absolute Gasteiger partial charge is 0.240 e. The molecule has 0 aliphatic rings. The Balaban J connectivity index is 2.17. The Hall–Kier alpha value is -3.22. The van der Waals surface area contributed by atoms with Crippen LogP contribution in [0.2, 0.25) is 0 Å². The van der Waals surface area contributed by atoms with Crippen molar-refractivity contribution in [1.29, 1.82) is 0 Å². The van der Waals surface area contributed by atoms with Gasteiger partial charge in [0.1, 0.15) is 6.54 Å². The Bertz CT molecular complexity index is 808. The molecule has 2 aromatic carbocycles. The largest absolute Gasteiger partial charge is 0.493 e. The summed E-state index contributed by atoms with van der Waals surface area (Å²) < 4.78 is 15.9. The highest BCUT2D eigenvalue weighted by Gasteiger charge is 2.21. The van der Waals surface area contributed by atoms with E-state index in [1.807, 2.05) is 31.2 Å². The molecule has 7 heteroatoms. The van der Waals surface area contributed by atoms with Gasteiger partial charge < -0.3 is 24.4 Å². The van der Waals surface area contributed by atoms with Crippen LogP contribution in [0.25, 0.3) is 0 Å². The zero-order valence-corrected chi connectivity index (χ0v) is 16.9. The van der Waals surface area contributed by atoms with Gasteiger partial charge in [0.25, 0.3) is 0 Å². The number of hydrogen-bond donors (Lipinski definition) is 1. The van der Waals surface area contributed by atoms with Crippen molar-refractivity contribution >= 4 is 17.5 Å². The first-order valence-electron chi connectivity index (χ1n) is 8.80. The van der Waals surface area contributed by atoms with Crippen LogP contribution in [0.5, 0.6) is 17.2 Å². The Morgan fingerprint density at radius 1 is 0.964 bits per heavy atom. The molecule has 0 unspecified atom stereocenters. The van der Waals surface area contributed by atoms with Crippen molar-refractivity contribution in [2.45, 2.75) is 20.4 Å². The number of hydrogen-bond acceptors (Lipinski definition) is 5. The lowest BCUT2D eigenvalue weighted by molar-refractivity contribution is -0.123. The van der Waals surface area contributed by atoms with Crippen molar-refractivity contribution in [2.75, 3.05) is 32.8 Å². The summed E-state index contributed by atoms with van der Waals surface area (Å²) in [4.78, 5) is 25.9. The highest BCUT2D eigenvalue weighted by Crippen LogP contribution is 2.41. The van der Waals surface area contributed by atoms with E-state index < -0.39 is 0 Å². The second-order valence-corrected chi connectivity index (χ2v) is 6.25. The van der Waals surface area contributed by atoms with E-state index in [1.165, 1.54) is 33.2 Å². The second-order valence-electron chi connectivity index (χ2n) is 6.25. The number of nitrogens with zero attached hydrogens (tertiary/aromatic N) is 1. The predicted octanol–water partition coefficient (Wildman–Crippen LogP) is 2.69. The third kappa shape index (κ3) is 5.16. The van der Waals surface area contributed by atoms with Gasteiger partial charge in [-0.05, 0) is 12.5 Å². The lowest BCUT2D eigenvalue weighted by Crippen LogP contribution is -2.39. The van der Waals surface area contributed by atoms with E-state index >= 15 is 0 Å². The zero-order chi connectivity index (χ0) is 20.7. The molecule has 0 aliphatic heterocycles. The molecule has 0 radical (unpaired) electrons. The molecule has 0 aliphatic carbocycles. The predicted molar refractivity (Wildman–Crippen MR) is 107 cm³/mol. The van der Waals surface area contributed by atoms with Gasteiger partial charge in [0.15, 0.2) is 11.5 Å². The Morgan fingerprint density at radius 3 is 2.00 bits per heavy atom. The van der Waals surface area contributed by atoms with Crippen molar-refractivity contribution in [3.63, 3.8) is 0 Å². The molecule has 0 bridgehead atoms. The van der Waals surface area contributed by atoms with Crippen LogP contribution >= 0.6 is 0 Å². The maximum absolute atomic E-state index is 12.4. The van der Waals surface area contributed by atoms with Gasteiger partial charge in [0.2, 0.25) is 17.6 Å². The molecule has 7 nitrogen and oxygen atoms in total. The standard InChI is InChI=1S/C21H26N2O5/c1-14-6-8-16(9-7-14)12-22-20(25)13-23(15(2)24)17-10-18(26-3)21(28-5)19(11-17)27-4/h6-11H,12-13H2,1-5H3,(H,22,25). The van der Waals surface area contributed by atoms with Crippen LogP contribution in [0, 0.1) is 6.92 Å². The van der Waals surface area contributed by atoms with Crippen LogP contribution in [-0.2, 0) is 16.1 Å². The molecule has 0 saturated carbocycles. The first-order valence-corrected chi connectivity index (χ1v) is 8.80. The number of ether oxygens (including phenoxy) is 3. The molecule has 2 amide bonds. The molecule has 0 aromatic heterocycles.